The zero-order chi connectivity index (χ0) is 15.1. The Morgan fingerprint density at radius 2 is 1.86 bits per heavy atom. The zero-order valence-electron chi connectivity index (χ0n) is 12.5. The van der Waals surface area contributed by atoms with E-state index in [1.807, 2.05) is 56.3 Å². The highest BCUT2D eigenvalue weighted by molar-refractivity contribution is 5.81. The van der Waals surface area contributed by atoms with Crippen molar-refractivity contribution >= 4 is 11.6 Å². The summed E-state index contributed by atoms with van der Waals surface area (Å²) in [7, 11) is 0. The Bertz CT molecular complexity index is 557. The van der Waals surface area contributed by atoms with Gasteiger partial charge in [0.25, 0.3) is 0 Å². The lowest BCUT2D eigenvalue weighted by Crippen LogP contribution is -2.38. The second kappa shape index (κ2) is 7.43. The van der Waals surface area contributed by atoms with Crippen LogP contribution in [0.2, 0.25) is 0 Å². The summed E-state index contributed by atoms with van der Waals surface area (Å²) >= 11 is 0. The average Bonchev–Trinajstić information content (AvgIpc) is 2.54. The Labute approximate surface area is 125 Å². The summed E-state index contributed by atoms with van der Waals surface area (Å²) in [6.07, 6.45) is 3.47. The van der Waals surface area contributed by atoms with Crippen molar-refractivity contribution in [2.45, 2.75) is 19.9 Å². The number of likely N-dealkylation sites (N-methyl/N-ethyl adjacent to an activating group) is 1. The van der Waals surface area contributed by atoms with E-state index in [4.69, 9.17) is 0 Å². The lowest BCUT2D eigenvalue weighted by molar-refractivity contribution is -0.120. The second-order valence-corrected chi connectivity index (χ2v) is 4.92. The molecule has 0 aliphatic heterocycles. The highest BCUT2D eigenvalue weighted by atomic mass is 16.2. The molecule has 0 aliphatic rings. The van der Waals surface area contributed by atoms with Crippen LogP contribution in [0.1, 0.15) is 25.5 Å². The molecule has 1 heterocycles. The molecule has 2 rings (SSSR count). The minimum Gasteiger partial charge on any atom is -0.363 e. The SMILES string of the molecule is CCN(CC(=O)NC(C)c1ccncc1)c1ccccc1. The molecule has 110 valence electrons. The first kappa shape index (κ1) is 15.0. The number of benzene rings is 1. The second-order valence-electron chi connectivity index (χ2n) is 4.92. The third-order valence-corrected chi connectivity index (χ3v) is 3.42. The number of hydrogen-bond acceptors (Lipinski definition) is 3. The molecule has 0 saturated heterocycles. The molecule has 1 aromatic carbocycles. The van der Waals surface area contributed by atoms with Crippen molar-refractivity contribution in [3.05, 3.63) is 60.4 Å². The molecule has 1 amide bonds. The fourth-order valence-corrected chi connectivity index (χ4v) is 2.22. The van der Waals surface area contributed by atoms with Gasteiger partial charge in [0.1, 0.15) is 0 Å². The van der Waals surface area contributed by atoms with Crippen LogP contribution in [0.4, 0.5) is 5.69 Å². The van der Waals surface area contributed by atoms with Crippen molar-refractivity contribution in [3.63, 3.8) is 0 Å². The largest absolute Gasteiger partial charge is 0.363 e. The summed E-state index contributed by atoms with van der Waals surface area (Å²) in [5.74, 6) is 0.0185. The predicted octanol–water partition coefficient (Wildman–Crippen LogP) is 2.79. The number of hydrogen-bond donors (Lipinski definition) is 1. The molecule has 0 spiro atoms. The smallest absolute Gasteiger partial charge is 0.239 e. The molecule has 4 nitrogen and oxygen atoms in total. The number of carbonyl (C=O) groups excluding carboxylic acids is 1. The van der Waals surface area contributed by atoms with E-state index in [0.29, 0.717) is 6.54 Å². The van der Waals surface area contributed by atoms with Crippen molar-refractivity contribution in [2.75, 3.05) is 18.0 Å². The van der Waals surface area contributed by atoms with Gasteiger partial charge in [-0.25, -0.2) is 0 Å². The van der Waals surface area contributed by atoms with E-state index >= 15 is 0 Å². The molecule has 0 fully saturated rings. The lowest BCUT2D eigenvalue weighted by atomic mass is 10.1. The van der Waals surface area contributed by atoms with Gasteiger partial charge in [-0.3, -0.25) is 9.78 Å². The molecule has 0 bridgehead atoms. The van der Waals surface area contributed by atoms with Gasteiger partial charge in [0.05, 0.1) is 12.6 Å². The highest BCUT2D eigenvalue weighted by Gasteiger charge is 2.13. The van der Waals surface area contributed by atoms with Gasteiger partial charge in [0, 0.05) is 24.6 Å². The Morgan fingerprint density at radius 3 is 2.48 bits per heavy atom. The van der Waals surface area contributed by atoms with Gasteiger partial charge in [-0.2, -0.15) is 0 Å². The predicted molar refractivity (Wildman–Crippen MR) is 85.1 cm³/mol. The molecular formula is C17H21N3O. The van der Waals surface area contributed by atoms with E-state index in [1.54, 1.807) is 12.4 Å². The molecule has 0 saturated carbocycles. The summed E-state index contributed by atoms with van der Waals surface area (Å²) in [4.78, 5) is 18.2. The number of nitrogens with one attached hydrogen (secondary N) is 1. The fourth-order valence-electron chi connectivity index (χ4n) is 2.22. The highest BCUT2D eigenvalue weighted by Crippen LogP contribution is 2.13. The van der Waals surface area contributed by atoms with Crippen LogP contribution in [0, 0.1) is 0 Å². The minimum atomic E-state index is -0.0185. The molecule has 21 heavy (non-hydrogen) atoms. The maximum Gasteiger partial charge on any atom is 0.239 e. The molecule has 1 atom stereocenters. The van der Waals surface area contributed by atoms with Crippen LogP contribution in [0.15, 0.2) is 54.9 Å². The molecule has 0 radical (unpaired) electrons. The molecule has 0 aliphatic carbocycles. The maximum absolute atomic E-state index is 12.2. The van der Waals surface area contributed by atoms with E-state index in [9.17, 15) is 4.79 Å². The van der Waals surface area contributed by atoms with Crippen molar-refractivity contribution in [3.8, 4) is 0 Å². The average molecular weight is 283 g/mol. The van der Waals surface area contributed by atoms with Crippen LogP contribution in [0.25, 0.3) is 0 Å². The topological polar surface area (TPSA) is 45.2 Å². The van der Waals surface area contributed by atoms with E-state index < -0.39 is 0 Å². The van der Waals surface area contributed by atoms with Gasteiger partial charge in [-0.15, -0.1) is 0 Å². The number of nitrogens with zero attached hydrogens (tertiary/aromatic N) is 2. The quantitative estimate of drug-likeness (QED) is 0.886. The van der Waals surface area contributed by atoms with Gasteiger partial charge in [-0.05, 0) is 43.7 Å². The van der Waals surface area contributed by atoms with Crippen LogP contribution in [0.5, 0.6) is 0 Å². The van der Waals surface area contributed by atoms with Crippen molar-refractivity contribution in [1.82, 2.24) is 10.3 Å². The van der Waals surface area contributed by atoms with E-state index in [-0.39, 0.29) is 11.9 Å². The molecule has 4 heteroatoms. The van der Waals surface area contributed by atoms with E-state index in [0.717, 1.165) is 17.8 Å². The Kier molecular flexibility index (Phi) is 5.32. The number of anilines is 1. The van der Waals surface area contributed by atoms with Crippen molar-refractivity contribution < 1.29 is 4.79 Å². The van der Waals surface area contributed by atoms with Gasteiger partial charge < -0.3 is 10.2 Å². The van der Waals surface area contributed by atoms with Gasteiger partial charge in [0.2, 0.25) is 5.91 Å². The minimum absolute atomic E-state index is 0.0185. The molecule has 1 N–H and O–H groups in total. The molecular weight excluding hydrogens is 262 g/mol. The van der Waals surface area contributed by atoms with Crippen LogP contribution < -0.4 is 10.2 Å². The first-order chi connectivity index (χ1) is 10.2. The van der Waals surface area contributed by atoms with Crippen LogP contribution in [-0.2, 0) is 4.79 Å². The van der Waals surface area contributed by atoms with E-state index in [2.05, 4.69) is 15.2 Å². The number of aromatic nitrogens is 1. The van der Waals surface area contributed by atoms with E-state index in [1.165, 1.54) is 0 Å². The van der Waals surface area contributed by atoms with Crippen LogP contribution >= 0.6 is 0 Å². The summed E-state index contributed by atoms with van der Waals surface area (Å²) < 4.78 is 0. The number of carbonyl (C=O) groups is 1. The lowest BCUT2D eigenvalue weighted by Gasteiger charge is -2.23. The summed E-state index contributed by atoms with van der Waals surface area (Å²) in [6, 6.07) is 13.8. The van der Waals surface area contributed by atoms with Crippen molar-refractivity contribution in [2.24, 2.45) is 0 Å². The van der Waals surface area contributed by atoms with Crippen LogP contribution in [-0.4, -0.2) is 24.0 Å². The summed E-state index contributed by atoms with van der Waals surface area (Å²) in [6.45, 7) is 5.18. The van der Waals surface area contributed by atoms with Crippen molar-refractivity contribution in [1.29, 1.82) is 0 Å². The Balaban J connectivity index is 1.94. The maximum atomic E-state index is 12.2. The molecule has 1 aromatic heterocycles. The fraction of sp³-hybridized carbons (Fsp3) is 0.294. The normalized spacial score (nSPS) is 11.7. The third kappa shape index (κ3) is 4.31. The van der Waals surface area contributed by atoms with Crippen LogP contribution in [0.3, 0.4) is 0 Å². The van der Waals surface area contributed by atoms with Gasteiger partial charge in [-0.1, -0.05) is 18.2 Å². The number of pyridine rings is 1. The van der Waals surface area contributed by atoms with Gasteiger partial charge in [0.15, 0.2) is 0 Å². The molecule has 2 aromatic rings. The summed E-state index contributed by atoms with van der Waals surface area (Å²) in [5.41, 5.74) is 2.12. The molecule has 1 unspecified atom stereocenters. The monoisotopic (exact) mass is 283 g/mol. The van der Waals surface area contributed by atoms with Gasteiger partial charge >= 0.3 is 0 Å². The zero-order valence-corrected chi connectivity index (χ0v) is 12.5. The number of para-hydroxylation sites is 1. The Hall–Kier alpha value is -2.36. The Morgan fingerprint density at radius 1 is 1.19 bits per heavy atom. The summed E-state index contributed by atoms with van der Waals surface area (Å²) in [5, 5.41) is 3.02. The number of rotatable bonds is 6. The third-order valence-electron chi connectivity index (χ3n) is 3.42. The number of amides is 1. The first-order valence-electron chi connectivity index (χ1n) is 7.20. The first-order valence-corrected chi connectivity index (χ1v) is 7.20. The standard InChI is InChI=1S/C17H21N3O/c1-3-20(16-7-5-4-6-8-16)13-17(21)19-14(2)15-9-11-18-12-10-15/h4-12,14H,3,13H2,1-2H3,(H,19,21).